The summed E-state index contributed by atoms with van der Waals surface area (Å²) in [6.07, 6.45) is 3.95. The number of nitrogens with one attached hydrogen (secondary N) is 1. The summed E-state index contributed by atoms with van der Waals surface area (Å²) < 4.78 is 5.77. The van der Waals surface area contributed by atoms with Crippen LogP contribution in [0.15, 0.2) is 29.4 Å². The Morgan fingerprint density at radius 2 is 2.14 bits per heavy atom. The van der Waals surface area contributed by atoms with E-state index >= 15 is 0 Å². The molecule has 0 amide bonds. The fourth-order valence-electron chi connectivity index (χ4n) is 1.72. The summed E-state index contributed by atoms with van der Waals surface area (Å²) in [4.78, 5) is 5.59. The van der Waals surface area contributed by atoms with Gasteiger partial charge in [-0.1, -0.05) is 25.5 Å². The second-order valence-corrected chi connectivity index (χ2v) is 5.97. The molecule has 0 bridgehead atoms. The monoisotopic (exact) mass is 303 g/mol. The molecule has 0 aliphatic rings. The van der Waals surface area contributed by atoms with Crippen molar-refractivity contribution in [2.45, 2.75) is 33.6 Å². The first kappa shape index (κ1) is 15.5. The van der Waals surface area contributed by atoms with Gasteiger partial charge in [0.2, 0.25) is 5.13 Å². The lowest BCUT2D eigenvalue weighted by Gasteiger charge is -2.07. The smallest absolute Gasteiger partial charge is 0.203 e. The number of rotatable bonds is 7. The molecule has 5 heteroatoms. The number of thiazole rings is 1. The zero-order valence-corrected chi connectivity index (χ0v) is 13.5. The van der Waals surface area contributed by atoms with Crippen LogP contribution in [0, 0.1) is 13.8 Å². The molecule has 1 aromatic heterocycles. The molecule has 0 saturated carbocycles. The van der Waals surface area contributed by atoms with Crippen LogP contribution in [-0.4, -0.2) is 17.8 Å². The number of ether oxygens (including phenoxy) is 1. The van der Waals surface area contributed by atoms with Gasteiger partial charge in [-0.05, 0) is 32.4 Å². The largest absolute Gasteiger partial charge is 0.493 e. The number of nitrogens with zero attached hydrogens (tertiary/aromatic N) is 2. The summed E-state index contributed by atoms with van der Waals surface area (Å²) in [5, 5.41) is 5.06. The highest BCUT2D eigenvalue weighted by atomic mass is 32.1. The van der Waals surface area contributed by atoms with E-state index in [0.717, 1.165) is 41.6 Å². The van der Waals surface area contributed by atoms with Gasteiger partial charge in [0.1, 0.15) is 5.75 Å². The van der Waals surface area contributed by atoms with E-state index in [2.05, 4.69) is 29.4 Å². The van der Waals surface area contributed by atoms with Crippen molar-refractivity contribution in [1.29, 1.82) is 0 Å². The van der Waals surface area contributed by atoms with Gasteiger partial charge in [0.25, 0.3) is 0 Å². The lowest BCUT2D eigenvalue weighted by atomic mass is 10.2. The van der Waals surface area contributed by atoms with Crippen LogP contribution >= 0.6 is 11.3 Å². The third-order valence-corrected chi connectivity index (χ3v) is 4.04. The maximum atomic E-state index is 5.77. The highest BCUT2D eigenvalue weighted by Crippen LogP contribution is 2.21. The van der Waals surface area contributed by atoms with Crippen LogP contribution in [-0.2, 0) is 0 Å². The van der Waals surface area contributed by atoms with Crippen molar-refractivity contribution < 1.29 is 4.74 Å². The fourth-order valence-corrected chi connectivity index (χ4v) is 2.49. The Kier molecular flexibility index (Phi) is 5.75. The molecule has 1 N–H and O–H groups in total. The molecule has 0 atom stereocenters. The van der Waals surface area contributed by atoms with Crippen LogP contribution in [0.25, 0.3) is 0 Å². The molecule has 1 heterocycles. The molecular weight excluding hydrogens is 282 g/mol. The van der Waals surface area contributed by atoms with Gasteiger partial charge in [-0.2, -0.15) is 5.10 Å². The maximum absolute atomic E-state index is 5.77. The average molecular weight is 303 g/mol. The van der Waals surface area contributed by atoms with Crippen LogP contribution in [0.1, 0.15) is 35.9 Å². The zero-order chi connectivity index (χ0) is 15.1. The van der Waals surface area contributed by atoms with Crippen molar-refractivity contribution in [3.05, 3.63) is 40.4 Å². The van der Waals surface area contributed by atoms with Crippen molar-refractivity contribution in [1.82, 2.24) is 4.98 Å². The van der Waals surface area contributed by atoms with E-state index < -0.39 is 0 Å². The summed E-state index contributed by atoms with van der Waals surface area (Å²) >= 11 is 1.60. The van der Waals surface area contributed by atoms with E-state index in [9.17, 15) is 0 Å². The zero-order valence-electron chi connectivity index (χ0n) is 12.7. The predicted octanol–water partition coefficient (Wildman–Crippen LogP) is 4.38. The van der Waals surface area contributed by atoms with E-state index in [1.165, 1.54) is 4.88 Å². The van der Waals surface area contributed by atoms with Crippen LogP contribution in [0.2, 0.25) is 0 Å². The number of aromatic nitrogens is 1. The second kappa shape index (κ2) is 7.78. The molecule has 1 aromatic carbocycles. The SMILES string of the molecule is CCCCOc1ccccc1C=NNc1nc(C)c(C)s1. The number of hydrogen-bond acceptors (Lipinski definition) is 5. The molecule has 0 spiro atoms. The van der Waals surface area contributed by atoms with E-state index in [-0.39, 0.29) is 0 Å². The maximum Gasteiger partial charge on any atom is 0.203 e. The van der Waals surface area contributed by atoms with Crippen molar-refractivity contribution in [2.75, 3.05) is 12.0 Å². The van der Waals surface area contributed by atoms with Gasteiger partial charge in [-0.3, -0.25) is 5.43 Å². The van der Waals surface area contributed by atoms with Crippen molar-refractivity contribution in [3.8, 4) is 5.75 Å². The Morgan fingerprint density at radius 1 is 1.33 bits per heavy atom. The first-order valence-corrected chi connectivity index (χ1v) is 7.97. The van der Waals surface area contributed by atoms with Gasteiger partial charge in [-0.25, -0.2) is 4.98 Å². The normalized spacial score (nSPS) is 11.0. The van der Waals surface area contributed by atoms with Gasteiger partial charge >= 0.3 is 0 Å². The van der Waals surface area contributed by atoms with Crippen LogP contribution in [0.3, 0.4) is 0 Å². The van der Waals surface area contributed by atoms with Gasteiger partial charge in [-0.15, -0.1) is 11.3 Å². The molecule has 0 radical (unpaired) electrons. The molecule has 2 aromatic rings. The lowest BCUT2D eigenvalue weighted by Crippen LogP contribution is -2.00. The number of aryl methyl sites for hydroxylation is 2. The Bertz CT molecular complexity index is 588. The molecule has 4 nitrogen and oxygen atoms in total. The van der Waals surface area contributed by atoms with Gasteiger partial charge in [0.15, 0.2) is 0 Å². The van der Waals surface area contributed by atoms with E-state index in [1.54, 1.807) is 17.6 Å². The van der Waals surface area contributed by atoms with E-state index in [0.29, 0.717) is 0 Å². The highest BCUT2D eigenvalue weighted by Gasteiger charge is 2.02. The molecule has 112 valence electrons. The lowest BCUT2D eigenvalue weighted by molar-refractivity contribution is 0.309. The molecule has 0 saturated heterocycles. The molecule has 0 fully saturated rings. The van der Waals surface area contributed by atoms with Crippen LogP contribution in [0.4, 0.5) is 5.13 Å². The Balaban J connectivity index is 1.99. The fraction of sp³-hybridized carbons (Fsp3) is 0.375. The predicted molar refractivity (Wildman–Crippen MR) is 89.6 cm³/mol. The minimum Gasteiger partial charge on any atom is -0.493 e. The third kappa shape index (κ3) is 4.56. The van der Waals surface area contributed by atoms with E-state index in [1.807, 2.05) is 31.2 Å². The van der Waals surface area contributed by atoms with E-state index in [4.69, 9.17) is 4.74 Å². The quantitative estimate of drug-likeness (QED) is 0.469. The third-order valence-electron chi connectivity index (χ3n) is 3.07. The topological polar surface area (TPSA) is 46.5 Å². The summed E-state index contributed by atoms with van der Waals surface area (Å²) in [5.74, 6) is 0.864. The standard InChI is InChI=1S/C16H21N3OS/c1-4-5-10-20-15-9-7-6-8-14(15)11-17-19-16-18-12(2)13(3)21-16/h6-9,11H,4-5,10H2,1-3H3,(H,18,19). The van der Waals surface area contributed by atoms with Crippen LogP contribution < -0.4 is 10.2 Å². The Labute approximate surface area is 129 Å². The minimum atomic E-state index is 0.736. The van der Waals surface area contributed by atoms with Gasteiger partial charge in [0.05, 0.1) is 18.5 Å². The van der Waals surface area contributed by atoms with Gasteiger partial charge < -0.3 is 4.74 Å². The van der Waals surface area contributed by atoms with Crippen molar-refractivity contribution in [2.24, 2.45) is 5.10 Å². The van der Waals surface area contributed by atoms with Crippen molar-refractivity contribution in [3.63, 3.8) is 0 Å². The number of hydrazone groups is 1. The minimum absolute atomic E-state index is 0.736. The number of hydrogen-bond donors (Lipinski definition) is 1. The number of anilines is 1. The van der Waals surface area contributed by atoms with Crippen LogP contribution in [0.5, 0.6) is 5.75 Å². The summed E-state index contributed by atoms with van der Waals surface area (Å²) in [6, 6.07) is 7.91. The van der Waals surface area contributed by atoms with Gasteiger partial charge in [0, 0.05) is 10.4 Å². The average Bonchev–Trinajstić information content (AvgIpc) is 2.79. The molecule has 21 heavy (non-hydrogen) atoms. The summed E-state index contributed by atoms with van der Waals surface area (Å²) in [6.45, 7) is 6.94. The molecule has 2 rings (SSSR count). The van der Waals surface area contributed by atoms with Crippen molar-refractivity contribution >= 4 is 22.7 Å². The summed E-state index contributed by atoms with van der Waals surface area (Å²) in [7, 11) is 0. The number of para-hydroxylation sites is 1. The Hall–Kier alpha value is -1.88. The highest BCUT2D eigenvalue weighted by molar-refractivity contribution is 7.15. The molecule has 0 aliphatic heterocycles. The number of unbranched alkanes of at least 4 members (excludes halogenated alkanes) is 1. The number of benzene rings is 1. The second-order valence-electron chi connectivity index (χ2n) is 4.77. The first-order valence-electron chi connectivity index (χ1n) is 7.15. The Morgan fingerprint density at radius 3 is 2.86 bits per heavy atom. The summed E-state index contributed by atoms with van der Waals surface area (Å²) in [5.41, 5.74) is 4.98. The molecule has 0 unspecified atom stereocenters. The molecule has 0 aliphatic carbocycles. The molecular formula is C16H21N3OS. The first-order chi connectivity index (χ1) is 10.2.